The molecule has 5 aromatic rings. The van der Waals surface area contributed by atoms with E-state index in [0.29, 0.717) is 28.1 Å². The number of ether oxygens (including phenoxy) is 3. The molecule has 0 spiro atoms. The van der Waals surface area contributed by atoms with Gasteiger partial charge < -0.3 is 24.8 Å². The van der Waals surface area contributed by atoms with Gasteiger partial charge in [-0.15, -0.1) is 23.1 Å². The second kappa shape index (κ2) is 14.4. The number of thiazole rings is 1. The minimum absolute atomic E-state index is 0.0960. The van der Waals surface area contributed by atoms with Gasteiger partial charge in [0.2, 0.25) is 5.91 Å². The SMILES string of the molecule is COc1ccc(-c2csc(NC(=O)C(Sc3ccc(NC(=O)COc4ccccc4)cc3)c3ccccc3)n2)cc1OC. The van der Waals surface area contributed by atoms with Crippen LogP contribution < -0.4 is 24.8 Å². The van der Waals surface area contributed by atoms with Gasteiger partial charge in [-0.1, -0.05) is 48.5 Å². The van der Waals surface area contributed by atoms with E-state index in [4.69, 9.17) is 14.2 Å². The molecule has 2 N–H and O–H groups in total. The van der Waals surface area contributed by atoms with Crippen molar-refractivity contribution in [3.63, 3.8) is 0 Å². The molecule has 43 heavy (non-hydrogen) atoms. The van der Waals surface area contributed by atoms with Crippen molar-refractivity contribution >= 4 is 45.7 Å². The number of hydrogen-bond donors (Lipinski definition) is 2. The van der Waals surface area contributed by atoms with Gasteiger partial charge in [-0.2, -0.15) is 0 Å². The first-order valence-corrected chi connectivity index (χ1v) is 15.1. The monoisotopic (exact) mass is 611 g/mol. The van der Waals surface area contributed by atoms with Crippen LogP contribution >= 0.6 is 23.1 Å². The van der Waals surface area contributed by atoms with E-state index in [0.717, 1.165) is 21.7 Å². The number of anilines is 2. The molecule has 8 nitrogen and oxygen atoms in total. The van der Waals surface area contributed by atoms with Crippen LogP contribution in [0.3, 0.4) is 0 Å². The van der Waals surface area contributed by atoms with E-state index in [1.54, 1.807) is 38.5 Å². The fraction of sp³-hybridized carbons (Fsp3) is 0.121. The largest absolute Gasteiger partial charge is 0.493 e. The van der Waals surface area contributed by atoms with Crippen LogP contribution in [0.2, 0.25) is 0 Å². The predicted octanol–water partition coefficient (Wildman–Crippen LogP) is 7.32. The van der Waals surface area contributed by atoms with E-state index >= 15 is 0 Å². The van der Waals surface area contributed by atoms with E-state index in [-0.39, 0.29) is 18.4 Å². The fourth-order valence-electron chi connectivity index (χ4n) is 4.15. The number of carbonyl (C=O) groups is 2. The molecule has 10 heteroatoms. The first-order chi connectivity index (χ1) is 21.0. The molecule has 2 amide bonds. The number of nitrogens with one attached hydrogen (secondary N) is 2. The number of amides is 2. The molecular formula is C33H29N3O5S2. The number of hydrogen-bond acceptors (Lipinski definition) is 8. The van der Waals surface area contributed by atoms with Crippen molar-refractivity contribution in [3.05, 3.63) is 114 Å². The van der Waals surface area contributed by atoms with Gasteiger partial charge in [-0.25, -0.2) is 4.98 Å². The van der Waals surface area contributed by atoms with Crippen molar-refractivity contribution in [2.24, 2.45) is 0 Å². The molecule has 0 aliphatic heterocycles. The Kier molecular flexibility index (Phi) is 9.94. The van der Waals surface area contributed by atoms with Crippen LogP contribution in [0.4, 0.5) is 10.8 Å². The van der Waals surface area contributed by atoms with E-state index in [1.165, 1.54) is 23.1 Å². The normalized spacial score (nSPS) is 11.3. The molecule has 0 saturated heterocycles. The standard InChI is InChI=1S/C33H29N3O5S2/c1-39-28-18-13-23(19-29(28)40-2)27-21-42-33(35-27)36-32(38)31(22-9-5-3-6-10-22)43-26-16-14-24(15-17-26)34-30(37)20-41-25-11-7-4-8-12-25/h3-19,21,31H,20H2,1-2H3,(H,34,37)(H,35,36,38). The van der Waals surface area contributed by atoms with Crippen LogP contribution in [0.5, 0.6) is 17.2 Å². The second-order valence-corrected chi connectivity index (χ2v) is 11.2. The highest BCUT2D eigenvalue weighted by Crippen LogP contribution is 2.38. The third kappa shape index (κ3) is 7.94. The smallest absolute Gasteiger partial charge is 0.262 e. The quantitative estimate of drug-likeness (QED) is 0.143. The third-order valence-electron chi connectivity index (χ3n) is 6.26. The maximum Gasteiger partial charge on any atom is 0.262 e. The van der Waals surface area contributed by atoms with Gasteiger partial charge in [0.1, 0.15) is 11.0 Å². The Labute approximate surface area is 258 Å². The lowest BCUT2D eigenvalue weighted by Gasteiger charge is -2.16. The van der Waals surface area contributed by atoms with Gasteiger partial charge in [-0.05, 0) is 60.2 Å². The molecule has 0 saturated carbocycles. The summed E-state index contributed by atoms with van der Waals surface area (Å²) in [6, 6.07) is 31.7. The zero-order valence-corrected chi connectivity index (χ0v) is 25.1. The first-order valence-electron chi connectivity index (χ1n) is 13.3. The Morgan fingerprint density at radius 3 is 2.23 bits per heavy atom. The molecule has 0 aliphatic carbocycles. The fourth-order valence-corrected chi connectivity index (χ4v) is 5.89. The maximum atomic E-state index is 13.6. The number of methoxy groups -OCH3 is 2. The van der Waals surface area contributed by atoms with E-state index < -0.39 is 5.25 Å². The number of thioether (sulfide) groups is 1. The van der Waals surface area contributed by atoms with Crippen LogP contribution in [0.25, 0.3) is 11.3 Å². The topological polar surface area (TPSA) is 98.8 Å². The number of para-hydroxylation sites is 1. The van der Waals surface area contributed by atoms with Gasteiger partial charge in [0.25, 0.3) is 5.91 Å². The first kappa shape index (κ1) is 29.7. The summed E-state index contributed by atoms with van der Waals surface area (Å²) in [4.78, 5) is 31.4. The van der Waals surface area contributed by atoms with Crippen LogP contribution in [0, 0.1) is 0 Å². The van der Waals surface area contributed by atoms with Crippen molar-refractivity contribution in [2.45, 2.75) is 10.1 Å². The highest BCUT2D eigenvalue weighted by molar-refractivity contribution is 8.00. The van der Waals surface area contributed by atoms with Crippen LogP contribution in [-0.2, 0) is 9.59 Å². The Hall–Kier alpha value is -4.80. The summed E-state index contributed by atoms with van der Waals surface area (Å²) in [6.45, 7) is -0.0960. The van der Waals surface area contributed by atoms with Gasteiger partial charge in [0.15, 0.2) is 23.2 Å². The molecule has 0 aliphatic rings. The summed E-state index contributed by atoms with van der Waals surface area (Å²) < 4.78 is 16.2. The summed E-state index contributed by atoms with van der Waals surface area (Å²) in [7, 11) is 3.17. The number of nitrogens with zero attached hydrogens (tertiary/aromatic N) is 1. The summed E-state index contributed by atoms with van der Waals surface area (Å²) >= 11 is 2.76. The van der Waals surface area contributed by atoms with Crippen molar-refractivity contribution < 1.29 is 23.8 Å². The Balaban J connectivity index is 1.25. The minimum Gasteiger partial charge on any atom is -0.493 e. The molecule has 5 rings (SSSR count). The molecule has 0 fully saturated rings. The summed E-state index contributed by atoms with van der Waals surface area (Å²) in [5.41, 5.74) is 3.06. The van der Waals surface area contributed by atoms with Gasteiger partial charge >= 0.3 is 0 Å². The molecular weight excluding hydrogens is 583 g/mol. The summed E-state index contributed by atoms with van der Waals surface area (Å²) in [6.07, 6.45) is 0. The highest BCUT2D eigenvalue weighted by Gasteiger charge is 2.23. The lowest BCUT2D eigenvalue weighted by atomic mass is 10.1. The minimum atomic E-state index is -0.533. The Morgan fingerprint density at radius 1 is 0.837 bits per heavy atom. The van der Waals surface area contributed by atoms with E-state index in [1.807, 2.05) is 84.2 Å². The van der Waals surface area contributed by atoms with Crippen molar-refractivity contribution in [2.75, 3.05) is 31.5 Å². The molecule has 0 radical (unpaired) electrons. The molecule has 1 heterocycles. The average molecular weight is 612 g/mol. The lowest BCUT2D eigenvalue weighted by molar-refractivity contribution is -0.118. The van der Waals surface area contributed by atoms with Gasteiger partial charge in [-0.3, -0.25) is 9.59 Å². The molecule has 1 aromatic heterocycles. The number of aromatic nitrogens is 1. The van der Waals surface area contributed by atoms with Crippen molar-refractivity contribution in [1.82, 2.24) is 4.98 Å². The average Bonchev–Trinajstić information content (AvgIpc) is 3.52. The lowest BCUT2D eigenvalue weighted by Crippen LogP contribution is -2.20. The van der Waals surface area contributed by atoms with Crippen molar-refractivity contribution in [1.29, 1.82) is 0 Å². The number of carbonyl (C=O) groups excluding carboxylic acids is 2. The third-order valence-corrected chi connectivity index (χ3v) is 8.28. The molecule has 218 valence electrons. The Morgan fingerprint density at radius 2 is 1.53 bits per heavy atom. The zero-order chi connectivity index (χ0) is 30.0. The van der Waals surface area contributed by atoms with E-state index in [2.05, 4.69) is 15.6 Å². The summed E-state index contributed by atoms with van der Waals surface area (Å²) in [5, 5.41) is 7.67. The molecule has 1 unspecified atom stereocenters. The molecule has 4 aromatic carbocycles. The predicted molar refractivity (Wildman–Crippen MR) is 171 cm³/mol. The van der Waals surface area contributed by atoms with Crippen LogP contribution in [0.1, 0.15) is 10.8 Å². The van der Waals surface area contributed by atoms with Gasteiger partial charge in [0, 0.05) is 21.5 Å². The second-order valence-electron chi connectivity index (χ2n) is 9.18. The van der Waals surface area contributed by atoms with E-state index in [9.17, 15) is 9.59 Å². The van der Waals surface area contributed by atoms with Crippen LogP contribution in [-0.4, -0.2) is 37.6 Å². The van der Waals surface area contributed by atoms with Crippen molar-refractivity contribution in [3.8, 4) is 28.5 Å². The summed E-state index contributed by atoms with van der Waals surface area (Å²) in [5.74, 6) is 1.40. The zero-order valence-electron chi connectivity index (χ0n) is 23.5. The highest BCUT2D eigenvalue weighted by atomic mass is 32.2. The van der Waals surface area contributed by atoms with Crippen LogP contribution in [0.15, 0.2) is 113 Å². The number of benzene rings is 4. The Bertz CT molecular complexity index is 1660. The maximum absolute atomic E-state index is 13.6. The van der Waals surface area contributed by atoms with Gasteiger partial charge in [0.05, 0.1) is 19.9 Å². The number of rotatable bonds is 12. The molecule has 0 bridgehead atoms. The molecule has 1 atom stereocenters.